The van der Waals surface area contributed by atoms with E-state index in [4.69, 9.17) is 4.74 Å². The van der Waals surface area contributed by atoms with Gasteiger partial charge in [0.25, 0.3) is 0 Å². The Bertz CT molecular complexity index is 211. The zero-order valence-corrected chi connectivity index (χ0v) is 8.38. The molecule has 0 atom stereocenters. The molecule has 0 aliphatic carbocycles. The number of amides is 1. The minimum Gasteiger partial charge on any atom is -0.447 e. The molecule has 0 radical (unpaired) electrons. The van der Waals surface area contributed by atoms with E-state index >= 15 is 0 Å². The van der Waals surface area contributed by atoms with E-state index in [1.807, 2.05) is 6.20 Å². The highest BCUT2D eigenvalue weighted by Gasteiger charge is 2.19. The fourth-order valence-electron chi connectivity index (χ4n) is 1.31. The van der Waals surface area contributed by atoms with Crippen LogP contribution in [-0.4, -0.2) is 24.1 Å². The number of rotatable bonds is 4. The maximum atomic E-state index is 11.0. The van der Waals surface area contributed by atoms with E-state index in [-0.39, 0.29) is 6.09 Å². The van der Waals surface area contributed by atoms with Crippen molar-refractivity contribution in [2.24, 2.45) is 0 Å². The Balaban J connectivity index is 2.39. The molecule has 0 unspecified atom stereocenters. The van der Waals surface area contributed by atoms with Gasteiger partial charge in [0.15, 0.2) is 0 Å². The van der Waals surface area contributed by atoms with E-state index in [0.717, 1.165) is 6.42 Å². The Morgan fingerprint density at radius 1 is 1.69 bits per heavy atom. The molecule has 0 aromatic carbocycles. The first-order chi connectivity index (χ1) is 6.24. The molecule has 0 bridgehead atoms. The molecule has 0 aromatic rings. The number of carbonyl (C=O) groups excluding carboxylic acids is 1. The third kappa shape index (κ3) is 3.09. The van der Waals surface area contributed by atoms with Gasteiger partial charge in [-0.2, -0.15) is 0 Å². The average molecular weight is 183 g/mol. The average Bonchev–Trinajstić information content (AvgIpc) is 2.48. The lowest BCUT2D eigenvalue weighted by atomic mass is 10.1. The van der Waals surface area contributed by atoms with Gasteiger partial charge in [-0.1, -0.05) is 18.9 Å². The molecule has 0 spiro atoms. The Morgan fingerprint density at radius 3 is 3.00 bits per heavy atom. The van der Waals surface area contributed by atoms with Crippen molar-refractivity contribution in [1.29, 1.82) is 0 Å². The summed E-state index contributed by atoms with van der Waals surface area (Å²) in [6.45, 7) is 5.44. The Kier molecular flexibility index (Phi) is 3.80. The molecule has 1 aliphatic rings. The van der Waals surface area contributed by atoms with Crippen molar-refractivity contribution in [3.63, 3.8) is 0 Å². The van der Waals surface area contributed by atoms with Gasteiger partial charge in [-0.3, -0.25) is 4.90 Å². The first-order valence-corrected chi connectivity index (χ1v) is 4.84. The molecule has 1 aliphatic heterocycles. The zero-order chi connectivity index (χ0) is 9.68. The first kappa shape index (κ1) is 10.1. The summed E-state index contributed by atoms with van der Waals surface area (Å²) >= 11 is 0. The molecule has 0 saturated carbocycles. The van der Waals surface area contributed by atoms with Gasteiger partial charge in [-0.25, -0.2) is 4.79 Å². The molecule has 1 heterocycles. The number of cyclic esters (lactones) is 1. The number of ether oxygens (including phenoxy) is 1. The summed E-state index contributed by atoms with van der Waals surface area (Å²) in [5, 5.41) is 0. The number of unbranched alkanes of at least 4 members (excludes halogenated alkanes) is 1. The lowest BCUT2D eigenvalue weighted by Gasteiger charge is -2.08. The molecule has 1 saturated heterocycles. The quantitative estimate of drug-likeness (QED) is 0.670. The Labute approximate surface area is 79.4 Å². The summed E-state index contributed by atoms with van der Waals surface area (Å²) in [5.41, 5.74) is 1.25. The van der Waals surface area contributed by atoms with Crippen LogP contribution in [-0.2, 0) is 4.74 Å². The summed E-state index contributed by atoms with van der Waals surface area (Å²) in [6.07, 6.45) is 5.14. The third-order valence-electron chi connectivity index (χ3n) is 2.09. The molecule has 0 aromatic heterocycles. The minimum atomic E-state index is -0.212. The highest BCUT2D eigenvalue weighted by atomic mass is 16.6. The van der Waals surface area contributed by atoms with E-state index in [0.29, 0.717) is 13.2 Å². The Hall–Kier alpha value is -0.990. The molecule has 1 fully saturated rings. The van der Waals surface area contributed by atoms with Gasteiger partial charge in [0.2, 0.25) is 0 Å². The largest absolute Gasteiger partial charge is 0.447 e. The standard InChI is InChI=1S/C10H17NO2/c1-3-4-5-9(2)8-11-6-7-13-10(11)12/h8H,3-7H2,1-2H3/b9-8-. The van der Waals surface area contributed by atoms with Gasteiger partial charge in [0.05, 0.1) is 6.54 Å². The summed E-state index contributed by atoms with van der Waals surface area (Å²) in [4.78, 5) is 12.7. The van der Waals surface area contributed by atoms with Crippen molar-refractivity contribution in [3.05, 3.63) is 11.8 Å². The highest BCUT2D eigenvalue weighted by molar-refractivity contribution is 5.70. The Morgan fingerprint density at radius 2 is 2.46 bits per heavy atom. The smallest absolute Gasteiger partial charge is 0.413 e. The second kappa shape index (κ2) is 4.90. The van der Waals surface area contributed by atoms with E-state index in [1.54, 1.807) is 4.90 Å². The number of hydrogen-bond donors (Lipinski definition) is 0. The van der Waals surface area contributed by atoms with Crippen LogP contribution in [0.25, 0.3) is 0 Å². The van der Waals surface area contributed by atoms with Crippen molar-refractivity contribution in [2.45, 2.75) is 33.1 Å². The van der Waals surface area contributed by atoms with E-state index in [9.17, 15) is 4.79 Å². The topological polar surface area (TPSA) is 29.5 Å². The third-order valence-corrected chi connectivity index (χ3v) is 2.09. The van der Waals surface area contributed by atoms with Crippen LogP contribution >= 0.6 is 0 Å². The minimum absolute atomic E-state index is 0.212. The van der Waals surface area contributed by atoms with Gasteiger partial charge in [-0.05, 0) is 19.8 Å². The fraction of sp³-hybridized carbons (Fsp3) is 0.700. The van der Waals surface area contributed by atoms with Crippen LogP contribution in [0.2, 0.25) is 0 Å². The molecule has 0 N–H and O–H groups in total. The van der Waals surface area contributed by atoms with Crippen LogP contribution in [0.1, 0.15) is 33.1 Å². The zero-order valence-electron chi connectivity index (χ0n) is 8.38. The molecule has 3 heteroatoms. The van der Waals surface area contributed by atoms with Crippen molar-refractivity contribution >= 4 is 6.09 Å². The summed E-state index contributed by atoms with van der Waals surface area (Å²) in [5.74, 6) is 0. The SMILES string of the molecule is CCCC/C(C)=C\N1CCOC1=O. The van der Waals surface area contributed by atoms with Crippen LogP contribution in [0.4, 0.5) is 4.79 Å². The normalized spacial score (nSPS) is 17.8. The first-order valence-electron chi connectivity index (χ1n) is 4.84. The summed E-state index contributed by atoms with van der Waals surface area (Å²) < 4.78 is 4.81. The molecule has 13 heavy (non-hydrogen) atoms. The molecular formula is C10H17NO2. The van der Waals surface area contributed by atoms with Crippen LogP contribution in [0.5, 0.6) is 0 Å². The van der Waals surface area contributed by atoms with Crippen molar-refractivity contribution < 1.29 is 9.53 Å². The van der Waals surface area contributed by atoms with E-state index in [2.05, 4.69) is 13.8 Å². The lowest BCUT2D eigenvalue weighted by molar-refractivity contribution is 0.166. The van der Waals surface area contributed by atoms with Crippen LogP contribution in [0.3, 0.4) is 0 Å². The maximum absolute atomic E-state index is 11.0. The second-order valence-corrected chi connectivity index (χ2v) is 3.39. The fourth-order valence-corrected chi connectivity index (χ4v) is 1.31. The number of allylic oxidation sites excluding steroid dienone is 1. The molecular weight excluding hydrogens is 166 g/mol. The van der Waals surface area contributed by atoms with Gasteiger partial charge < -0.3 is 4.74 Å². The van der Waals surface area contributed by atoms with Gasteiger partial charge >= 0.3 is 6.09 Å². The predicted octanol–water partition coefficient (Wildman–Crippen LogP) is 2.53. The van der Waals surface area contributed by atoms with E-state index in [1.165, 1.54) is 18.4 Å². The van der Waals surface area contributed by atoms with Gasteiger partial charge in [-0.15, -0.1) is 0 Å². The van der Waals surface area contributed by atoms with Crippen LogP contribution < -0.4 is 0 Å². The van der Waals surface area contributed by atoms with Gasteiger partial charge in [0, 0.05) is 6.20 Å². The predicted molar refractivity (Wildman–Crippen MR) is 51.3 cm³/mol. The lowest BCUT2D eigenvalue weighted by Crippen LogP contribution is -2.17. The number of nitrogens with zero attached hydrogens (tertiary/aromatic N) is 1. The molecule has 1 amide bonds. The molecule has 1 rings (SSSR count). The van der Waals surface area contributed by atoms with Gasteiger partial charge in [0.1, 0.15) is 6.61 Å². The maximum Gasteiger partial charge on any atom is 0.413 e. The summed E-state index contributed by atoms with van der Waals surface area (Å²) in [6, 6.07) is 0. The number of carbonyl (C=O) groups is 1. The highest BCUT2D eigenvalue weighted by Crippen LogP contribution is 2.11. The molecule has 3 nitrogen and oxygen atoms in total. The monoisotopic (exact) mass is 183 g/mol. The summed E-state index contributed by atoms with van der Waals surface area (Å²) in [7, 11) is 0. The van der Waals surface area contributed by atoms with Crippen LogP contribution in [0.15, 0.2) is 11.8 Å². The number of hydrogen-bond acceptors (Lipinski definition) is 2. The molecule has 74 valence electrons. The van der Waals surface area contributed by atoms with Crippen molar-refractivity contribution in [2.75, 3.05) is 13.2 Å². The van der Waals surface area contributed by atoms with Crippen molar-refractivity contribution in [3.8, 4) is 0 Å². The van der Waals surface area contributed by atoms with Crippen molar-refractivity contribution in [1.82, 2.24) is 4.90 Å². The second-order valence-electron chi connectivity index (χ2n) is 3.39. The van der Waals surface area contributed by atoms with Crippen LogP contribution in [0, 0.1) is 0 Å². The van der Waals surface area contributed by atoms with E-state index < -0.39 is 0 Å².